The van der Waals surface area contributed by atoms with Crippen molar-refractivity contribution in [1.82, 2.24) is 9.88 Å². The van der Waals surface area contributed by atoms with Crippen molar-refractivity contribution in [3.05, 3.63) is 35.4 Å². The lowest BCUT2D eigenvalue weighted by molar-refractivity contribution is 0.312. The number of likely N-dealkylation sites (N-methyl/N-ethyl adjacent to an activating group) is 1. The predicted octanol–water partition coefficient (Wildman–Crippen LogP) is 2.60. The van der Waals surface area contributed by atoms with Crippen molar-refractivity contribution < 1.29 is 0 Å². The van der Waals surface area contributed by atoms with Crippen LogP contribution in [0.4, 0.5) is 5.82 Å². The third kappa shape index (κ3) is 2.43. The highest BCUT2D eigenvalue weighted by molar-refractivity contribution is 5.82. The van der Waals surface area contributed by atoms with Crippen LogP contribution in [0.1, 0.15) is 11.1 Å². The molecule has 1 aromatic carbocycles. The van der Waals surface area contributed by atoms with Gasteiger partial charge in [0.1, 0.15) is 5.82 Å². The molecule has 3 rings (SSSR count). The van der Waals surface area contributed by atoms with Gasteiger partial charge in [-0.1, -0.05) is 0 Å². The minimum atomic E-state index is 1.07. The highest BCUT2D eigenvalue weighted by Gasteiger charge is 2.15. The second-order valence-corrected chi connectivity index (χ2v) is 5.59. The van der Waals surface area contributed by atoms with Crippen LogP contribution < -0.4 is 4.90 Å². The lowest BCUT2D eigenvalue weighted by atomic mass is 10.1. The third-order valence-corrected chi connectivity index (χ3v) is 4.12. The van der Waals surface area contributed by atoms with Crippen LogP contribution in [0.25, 0.3) is 10.9 Å². The van der Waals surface area contributed by atoms with Crippen molar-refractivity contribution in [3.63, 3.8) is 0 Å². The zero-order chi connectivity index (χ0) is 13.4. The summed E-state index contributed by atoms with van der Waals surface area (Å²) in [7, 11) is 2.18. The van der Waals surface area contributed by atoms with Crippen molar-refractivity contribution in [1.29, 1.82) is 0 Å². The first kappa shape index (κ1) is 12.4. The SMILES string of the molecule is Cc1cc2ccc(N3CCN(C)CC3)nc2cc1C. The van der Waals surface area contributed by atoms with Crippen LogP contribution in [-0.4, -0.2) is 43.1 Å². The molecule has 3 heteroatoms. The van der Waals surface area contributed by atoms with E-state index in [4.69, 9.17) is 4.98 Å². The van der Waals surface area contributed by atoms with Crippen LogP contribution in [0.5, 0.6) is 0 Å². The maximum absolute atomic E-state index is 4.83. The molecule has 100 valence electrons. The van der Waals surface area contributed by atoms with Crippen LogP contribution >= 0.6 is 0 Å². The first-order valence-electron chi connectivity index (χ1n) is 6.95. The van der Waals surface area contributed by atoms with Crippen LogP contribution in [0.2, 0.25) is 0 Å². The highest BCUT2D eigenvalue weighted by Crippen LogP contribution is 2.22. The lowest BCUT2D eigenvalue weighted by Crippen LogP contribution is -2.44. The molecule has 19 heavy (non-hydrogen) atoms. The van der Waals surface area contributed by atoms with E-state index in [2.05, 4.69) is 55.0 Å². The Morgan fingerprint density at radius 2 is 1.63 bits per heavy atom. The zero-order valence-corrected chi connectivity index (χ0v) is 12.0. The smallest absolute Gasteiger partial charge is 0.129 e. The summed E-state index contributed by atoms with van der Waals surface area (Å²) in [5.41, 5.74) is 3.76. The molecule has 0 saturated carbocycles. The number of pyridine rings is 1. The molecule has 0 spiro atoms. The van der Waals surface area contributed by atoms with Crippen molar-refractivity contribution in [2.24, 2.45) is 0 Å². The van der Waals surface area contributed by atoms with Crippen LogP contribution in [0, 0.1) is 13.8 Å². The molecule has 2 heterocycles. The first-order chi connectivity index (χ1) is 9.13. The zero-order valence-electron chi connectivity index (χ0n) is 12.0. The molecular formula is C16H21N3. The Labute approximate surface area is 114 Å². The molecule has 1 aliphatic heterocycles. The fraction of sp³-hybridized carbons (Fsp3) is 0.438. The number of piperazine rings is 1. The van der Waals surface area contributed by atoms with Crippen molar-refractivity contribution in [2.75, 3.05) is 38.1 Å². The number of hydrogen-bond acceptors (Lipinski definition) is 3. The highest BCUT2D eigenvalue weighted by atomic mass is 15.3. The van der Waals surface area contributed by atoms with Gasteiger partial charge < -0.3 is 9.80 Å². The van der Waals surface area contributed by atoms with E-state index in [0.29, 0.717) is 0 Å². The summed E-state index contributed by atoms with van der Waals surface area (Å²) in [4.78, 5) is 9.58. The number of rotatable bonds is 1. The van der Waals surface area contributed by atoms with E-state index in [1.165, 1.54) is 16.5 Å². The molecule has 1 saturated heterocycles. The molecule has 0 bridgehead atoms. The molecule has 0 aliphatic carbocycles. The first-order valence-corrected chi connectivity index (χ1v) is 6.95. The summed E-state index contributed by atoms with van der Waals surface area (Å²) < 4.78 is 0. The van der Waals surface area contributed by atoms with Crippen molar-refractivity contribution in [2.45, 2.75) is 13.8 Å². The summed E-state index contributed by atoms with van der Waals surface area (Å²) in [5.74, 6) is 1.11. The number of benzene rings is 1. The van der Waals surface area contributed by atoms with Gasteiger partial charge >= 0.3 is 0 Å². The van der Waals surface area contributed by atoms with E-state index in [-0.39, 0.29) is 0 Å². The van der Waals surface area contributed by atoms with Crippen molar-refractivity contribution in [3.8, 4) is 0 Å². The van der Waals surface area contributed by atoms with Gasteiger partial charge in [-0.2, -0.15) is 0 Å². The van der Waals surface area contributed by atoms with Gasteiger partial charge in [0.2, 0.25) is 0 Å². The topological polar surface area (TPSA) is 19.4 Å². The third-order valence-electron chi connectivity index (χ3n) is 4.12. The Hall–Kier alpha value is -1.61. The summed E-state index contributed by atoms with van der Waals surface area (Å²) in [6.07, 6.45) is 0. The molecule has 1 aromatic heterocycles. The van der Waals surface area contributed by atoms with Gasteiger partial charge in [-0.3, -0.25) is 0 Å². The summed E-state index contributed by atoms with van der Waals surface area (Å²) in [5, 5.41) is 1.24. The van der Waals surface area contributed by atoms with Gasteiger partial charge in [-0.05, 0) is 56.3 Å². The average Bonchev–Trinajstić information content (AvgIpc) is 2.40. The Bertz CT molecular complexity index is 598. The quantitative estimate of drug-likeness (QED) is 0.781. The maximum Gasteiger partial charge on any atom is 0.129 e. The molecular weight excluding hydrogens is 234 g/mol. The van der Waals surface area contributed by atoms with Crippen LogP contribution in [0.15, 0.2) is 24.3 Å². The fourth-order valence-corrected chi connectivity index (χ4v) is 2.59. The van der Waals surface area contributed by atoms with E-state index in [9.17, 15) is 0 Å². The number of aromatic nitrogens is 1. The molecule has 1 aliphatic rings. The maximum atomic E-state index is 4.83. The molecule has 0 N–H and O–H groups in total. The second-order valence-electron chi connectivity index (χ2n) is 5.59. The van der Waals surface area contributed by atoms with Crippen LogP contribution in [0.3, 0.4) is 0 Å². The van der Waals surface area contributed by atoms with E-state index < -0.39 is 0 Å². The minimum Gasteiger partial charge on any atom is -0.354 e. The monoisotopic (exact) mass is 255 g/mol. The average molecular weight is 255 g/mol. The number of hydrogen-bond donors (Lipinski definition) is 0. The van der Waals surface area contributed by atoms with E-state index in [1.807, 2.05) is 0 Å². The van der Waals surface area contributed by atoms with Gasteiger partial charge in [0.05, 0.1) is 5.52 Å². The Morgan fingerprint density at radius 1 is 0.947 bits per heavy atom. The molecule has 1 fully saturated rings. The molecule has 3 nitrogen and oxygen atoms in total. The van der Waals surface area contributed by atoms with Gasteiger partial charge in [-0.25, -0.2) is 4.98 Å². The second kappa shape index (κ2) is 4.82. The number of anilines is 1. The Balaban J connectivity index is 1.95. The Kier molecular flexibility index (Phi) is 3.15. The van der Waals surface area contributed by atoms with Gasteiger partial charge in [0.25, 0.3) is 0 Å². The number of fused-ring (bicyclic) bond motifs is 1. The largest absolute Gasteiger partial charge is 0.354 e. The summed E-state index contributed by atoms with van der Waals surface area (Å²) in [6, 6.07) is 8.78. The van der Waals surface area contributed by atoms with Crippen molar-refractivity contribution >= 4 is 16.7 Å². The molecule has 0 atom stereocenters. The molecule has 0 unspecified atom stereocenters. The molecule has 0 radical (unpaired) electrons. The molecule has 2 aromatic rings. The lowest BCUT2D eigenvalue weighted by Gasteiger charge is -2.33. The van der Waals surface area contributed by atoms with E-state index in [0.717, 1.165) is 37.5 Å². The van der Waals surface area contributed by atoms with E-state index >= 15 is 0 Å². The molecule has 0 amide bonds. The predicted molar refractivity (Wildman–Crippen MR) is 80.9 cm³/mol. The number of nitrogens with zero attached hydrogens (tertiary/aromatic N) is 3. The Morgan fingerprint density at radius 3 is 2.37 bits per heavy atom. The number of aryl methyl sites for hydroxylation is 2. The van der Waals surface area contributed by atoms with E-state index in [1.54, 1.807) is 0 Å². The van der Waals surface area contributed by atoms with Crippen LogP contribution in [-0.2, 0) is 0 Å². The standard InChI is InChI=1S/C16H21N3/c1-12-10-14-4-5-16(17-15(14)11-13(12)2)19-8-6-18(3)7-9-19/h4-5,10-11H,6-9H2,1-3H3. The summed E-state index contributed by atoms with van der Waals surface area (Å²) in [6.45, 7) is 8.68. The summed E-state index contributed by atoms with van der Waals surface area (Å²) >= 11 is 0. The van der Waals surface area contributed by atoms with Gasteiger partial charge in [0, 0.05) is 31.6 Å². The fourth-order valence-electron chi connectivity index (χ4n) is 2.59. The van der Waals surface area contributed by atoms with Gasteiger partial charge in [-0.15, -0.1) is 0 Å². The minimum absolute atomic E-state index is 1.07. The van der Waals surface area contributed by atoms with Gasteiger partial charge in [0.15, 0.2) is 0 Å². The normalized spacial score (nSPS) is 17.1.